The number of aliphatic hydroxyl groups excluding tert-OH is 5. The maximum atomic E-state index is 11.9. The summed E-state index contributed by atoms with van der Waals surface area (Å²) in [4.78, 5) is 11.9. The number of nitrogens with two attached hydrogens (primary N) is 3. The molecule has 4 fully saturated rings. The maximum Gasteiger partial charge on any atom is 0.137 e. The summed E-state index contributed by atoms with van der Waals surface area (Å²) < 4.78 is 25.1. The number of aliphatic hydroxyl groups is 5. The highest BCUT2D eigenvalue weighted by molar-refractivity contribution is 5.64. The molecule has 0 aromatic rings. The Bertz CT molecular complexity index is 1060. The Balaban J connectivity index is 1.40. The SMILES string of the molecule is CC[NH2+][C@H](COC1CC([C@@H]2O[C@@H](CCC3CCC(O)C(OCNC[C@H](C)O)C3)C[C@H](O)[C@@H]2CCO)CC(OC)C1O)[C@H](CC(=O)[O-])CC1CC[NH2+]C(N)C1. The molecule has 316 valence electrons. The number of carbonyl (C=O) groups excluding carboxylic acids is 1. The molecule has 12 N–H and O–H groups in total. The van der Waals surface area contributed by atoms with Crippen LogP contribution in [0.1, 0.15) is 97.3 Å². The van der Waals surface area contributed by atoms with Crippen LogP contribution >= 0.6 is 0 Å². The van der Waals surface area contributed by atoms with Crippen molar-refractivity contribution in [1.29, 1.82) is 0 Å². The standard InChI is InChI=1S/C39H74N4O11/c1-4-42-30(26(18-37(48)49)13-25-9-11-43-36(40)15-25)21-52-35-17-27(16-34(51-3)38(35)50)39-29(10-12-44)32(47)19-28(54-39)7-5-24-6-8-31(46)33(14-24)53-22-41-20-23(2)45/h23-36,38-39,41-47,50H,4-22,40H2,1-3H3,(H,48,49)/p+1/t23-,24?,25?,26-,27?,28-,29-,30+,31?,32-,33?,34?,35?,36?,38?,39-/m0/s1. The molecule has 9 unspecified atom stereocenters. The average molecular weight is 776 g/mol. The van der Waals surface area contributed by atoms with Crippen molar-refractivity contribution in [1.82, 2.24) is 5.32 Å². The Morgan fingerprint density at radius 1 is 1.00 bits per heavy atom. The van der Waals surface area contributed by atoms with E-state index in [1.807, 2.05) is 6.92 Å². The van der Waals surface area contributed by atoms with Crippen molar-refractivity contribution in [3.63, 3.8) is 0 Å². The van der Waals surface area contributed by atoms with Crippen LogP contribution in [0.15, 0.2) is 0 Å². The van der Waals surface area contributed by atoms with Gasteiger partial charge in [0, 0.05) is 44.5 Å². The zero-order valence-electron chi connectivity index (χ0n) is 33.1. The minimum absolute atomic E-state index is 0.0237. The number of hydrogen-bond acceptors (Lipinski definition) is 13. The monoisotopic (exact) mass is 776 g/mol. The number of carboxylic acids is 1. The highest BCUT2D eigenvalue weighted by Gasteiger charge is 2.48. The van der Waals surface area contributed by atoms with Crippen molar-refractivity contribution < 1.29 is 65.0 Å². The molecule has 15 heteroatoms. The fourth-order valence-electron chi connectivity index (χ4n) is 9.91. The van der Waals surface area contributed by atoms with Crippen molar-refractivity contribution in [2.45, 2.75) is 164 Å². The fraction of sp³-hybridized carbons (Fsp3) is 0.974. The molecule has 2 aliphatic heterocycles. The lowest BCUT2D eigenvalue weighted by molar-refractivity contribution is -0.701. The molecule has 0 aromatic carbocycles. The minimum atomic E-state index is -1.08. The van der Waals surface area contributed by atoms with Crippen LogP contribution < -0.4 is 26.8 Å². The number of piperidine rings is 1. The summed E-state index contributed by atoms with van der Waals surface area (Å²) in [5.41, 5.74) is 6.22. The molecule has 0 spiro atoms. The number of nitrogens with one attached hydrogen (secondary N) is 1. The molecular weight excluding hydrogens is 700 g/mol. The first-order chi connectivity index (χ1) is 25.9. The summed E-state index contributed by atoms with van der Waals surface area (Å²) >= 11 is 0. The van der Waals surface area contributed by atoms with E-state index in [9.17, 15) is 35.4 Å². The van der Waals surface area contributed by atoms with Crippen LogP contribution in [0.4, 0.5) is 0 Å². The van der Waals surface area contributed by atoms with Gasteiger partial charge in [0.25, 0.3) is 0 Å². The Hall–Kier alpha value is -1.05. The van der Waals surface area contributed by atoms with E-state index in [1.54, 1.807) is 14.0 Å². The molecule has 0 amide bonds. The lowest BCUT2D eigenvalue weighted by atomic mass is 9.72. The number of quaternary nitrogens is 2. The van der Waals surface area contributed by atoms with Gasteiger partial charge in [0.05, 0.1) is 75.3 Å². The molecule has 0 bridgehead atoms. The molecule has 2 aliphatic carbocycles. The number of carboxylic acid groups (broad SMARTS) is 1. The van der Waals surface area contributed by atoms with E-state index in [-0.39, 0.29) is 74.6 Å². The predicted molar refractivity (Wildman–Crippen MR) is 197 cm³/mol. The first-order valence-corrected chi connectivity index (χ1v) is 21.0. The number of aliphatic carboxylic acids is 1. The zero-order valence-corrected chi connectivity index (χ0v) is 33.1. The molecular formula is C39H75N4O11+. The molecule has 4 rings (SSSR count). The smallest absolute Gasteiger partial charge is 0.137 e. The van der Waals surface area contributed by atoms with E-state index in [0.29, 0.717) is 50.5 Å². The number of rotatable bonds is 22. The number of methoxy groups -OCH3 is 1. The molecule has 4 aliphatic rings. The third kappa shape index (κ3) is 14.1. The summed E-state index contributed by atoms with van der Waals surface area (Å²) in [5.74, 6) is -0.972. The quantitative estimate of drug-likeness (QED) is 0.0402. The van der Waals surface area contributed by atoms with Gasteiger partial charge in [-0.15, -0.1) is 0 Å². The van der Waals surface area contributed by atoms with Gasteiger partial charge in [0.1, 0.15) is 18.3 Å². The predicted octanol–water partition coefficient (Wildman–Crippen LogP) is -2.71. The van der Waals surface area contributed by atoms with Crippen LogP contribution in [0.5, 0.6) is 0 Å². The normalized spacial score (nSPS) is 38.1. The summed E-state index contributed by atoms with van der Waals surface area (Å²) in [7, 11) is 1.58. The second-order valence-electron chi connectivity index (χ2n) is 17.0. The Morgan fingerprint density at radius 2 is 1.78 bits per heavy atom. The van der Waals surface area contributed by atoms with Gasteiger partial charge in [0.2, 0.25) is 0 Å². The van der Waals surface area contributed by atoms with E-state index in [1.165, 1.54) is 0 Å². The Kier molecular flexibility index (Phi) is 19.8. The topological polar surface area (TPSA) is 249 Å². The zero-order chi connectivity index (χ0) is 39.2. The molecule has 2 saturated heterocycles. The van der Waals surface area contributed by atoms with Crippen LogP contribution in [0.25, 0.3) is 0 Å². The van der Waals surface area contributed by atoms with Crippen molar-refractivity contribution in [3.8, 4) is 0 Å². The molecule has 2 heterocycles. The second-order valence-corrected chi connectivity index (χ2v) is 17.0. The van der Waals surface area contributed by atoms with E-state index in [2.05, 4.69) is 16.0 Å². The summed E-state index contributed by atoms with van der Waals surface area (Å²) in [6.07, 6.45) is 3.76. The summed E-state index contributed by atoms with van der Waals surface area (Å²) in [5, 5.41) is 72.2. The minimum Gasteiger partial charge on any atom is -0.550 e. The van der Waals surface area contributed by atoms with Crippen molar-refractivity contribution in [2.75, 3.05) is 46.7 Å². The van der Waals surface area contributed by atoms with E-state index < -0.39 is 42.6 Å². The second kappa shape index (κ2) is 23.4. The summed E-state index contributed by atoms with van der Waals surface area (Å²) in [6, 6.07) is -0.144. The van der Waals surface area contributed by atoms with Gasteiger partial charge in [-0.1, -0.05) is 0 Å². The molecule has 54 heavy (non-hydrogen) atoms. The molecule has 0 radical (unpaired) electrons. The molecule has 16 atom stereocenters. The molecule has 15 nitrogen and oxygen atoms in total. The van der Waals surface area contributed by atoms with Gasteiger partial charge in [-0.2, -0.15) is 0 Å². The first-order valence-electron chi connectivity index (χ1n) is 21.0. The lowest BCUT2D eigenvalue weighted by Crippen LogP contribution is -2.94. The molecule has 2 saturated carbocycles. The van der Waals surface area contributed by atoms with Gasteiger partial charge in [-0.05, 0) is 109 Å². The van der Waals surface area contributed by atoms with Crippen molar-refractivity contribution >= 4 is 5.97 Å². The number of likely N-dealkylation sites (N-methyl/N-ethyl adjacent to an activating group) is 1. The number of ether oxygens (including phenoxy) is 4. The van der Waals surface area contributed by atoms with Crippen molar-refractivity contribution in [3.05, 3.63) is 0 Å². The number of carbonyl (C=O) groups is 1. The third-order valence-corrected chi connectivity index (χ3v) is 12.8. The van der Waals surface area contributed by atoms with Crippen LogP contribution in [-0.2, 0) is 23.7 Å². The van der Waals surface area contributed by atoms with Crippen molar-refractivity contribution in [2.24, 2.45) is 35.3 Å². The first kappa shape index (κ1) is 45.6. The van der Waals surface area contributed by atoms with E-state index in [4.69, 9.17) is 24.7 Å². The third-order valence-electron chi connectivity index (χ3n) is 12.8. The number of hydrogen-bond donors (Lipinski definition) is 9. The fourth-order valence-corrected chi connectivity index (χ4v) is 9.91. The lowest BCUT2D eigenvalue weighted by Gasteiger charge is -2.48. The highest BCUT2D eigenvalue weighted by Crippen LogP contribution is 2.42. The van der Waals surface area contributed by atoms with E-state index in [0.717, 1.165) is 58.0 Å². The average Bonchev–Trinajstić information content (AvgIpc) is 3.13. The highest BCUT2D eigenvalue weighted by atomic mass is 16.5. The van der Waals surface area contributed by atoms with Crippen LogP contribution in [0.3, 0.4) is 0 Å². The van der Waals surface area contributed by atoms with Gasteiger partial charge >= 0.3 is 0 Å². The summed E-state index contributed by atoms with van der Waals surface area (Å²) in [6.45, 7) is 6.28. The van der Waals surface area contributed by atoms with Crippen LogP contribution in [-0.4, -0.2) is 145 Å². The van der Waals surface area contributed by atoms with Gasteiger partial charge in [0.15, 0.2) is 0 Å². The van der Waals surface area contributed by atoms with E-state index >= 15 is 0 Å². The Morgan fingerprint density at radius 3 is 2.46 bits per heavy atom. The van der Waals surface area contributed by atoms with Gasteiger partial charge in [-0.25, -0.2) is 0 Å². The van der Waals surface area contributed by atoms with Crippen LogP contribution in [0.2, 0.25) is 0 Å². The maximum absolute atomic E-state index is 11.9. The molecule has 0 aromatic heterocycles. The van der Waals surface area contributed by atoms with Gasteiger partial charge in [-0.3, -0.25) is 11.1 Å². The van der Waals surface area contributed by atoms with Crippen LogP contribution in [0, 0.1) is 29.6 Å². The Labute approximate surface area is 322 Å². The largest absolute Gasteiger partial charge is 0.550 e. The van der Waals surface area contributed by atoms with Gasteiger partial charge < -0.3 is 65.0 Å².